The molecule has 0 saturated carbocycles. The predicted molar refractivity (Wildman–Crippen MR) is 124 cm³/mol. The third kappa shape index (κ3) is 4.08. The zero-order chi connectivity index (χ0) is 23.8. The summed E-state index contributed by atoms with van der Waals surface area (Å²) in [5.41, 5.74) is 3.54. The van der Waals surface area contributed by atoms with Crippen LogP contribution in [0.5, 0.6) is 0 Å². The van der Waals surface area contributed by atoms with Crippen LogP contribution in [0.2, 0.25) is 0 Å². The highest BCUT2D eigenvalue weighted by Gasteiger charge is 2.48. The Bertz CT molecular complexity index is 1040. The zero-order valence-electron chi connectivity index (χ0n) is 19.2. The van der Waals surface area contributed by atoms with Crippen LogP contribution in [0, 0.1) is 11.3 Å². The maximum absolute atomic E-state index is 13.0. The van der Waals surface area contributed by atoms with E-state index in [-0.39, 0.29) is 30.9 Å². The molecule has 1 aliphatic carbocycles. The number of ether oxygens (including phenoxy) is 1. The molecule has 2 amide bonds. The van der Waals surface area contributed by atoms with Crippen molar-refractivity contribution in [2.45, 2.75) is 39.2 Å². The van der Waals surface area contributed by atoms with Gasteiger partial charge in [0.05, 0.1) is 5.41 Å². The first kappa shape index (κ1) is 22.8. The molecule has 174 valence electrons. The Kier molecular flexibility index (Phi) is 6.15. The maximum atomic E-state index is 13.0. The molecule has 2 aliphatic rings. The quantitative estimate of drug-likeness (QED) is 0.697. The number of likely N-dealkylation sites (tertiary alicyclic amines) is 1. The SMILES string of the molecule is CCC(NC(=O)OCC1c2ccccc2-c2ccccc21)C(=O)N1CC(C)C(C)(C(=O)O)C1. The minimum atomic E-state index is -0.988. The number of hydrogen-bond acceptors (Lipinski definition) is 4. The van der Waals surface area contributed by atoms with Gasteiger partial charge in [-0.1, -0.05) is 62.4 Å². The molecule has 1 heterocycles. The summed E-state index contributed by atoms with van der Waals surface area (Å²) in [4.78, 5) is 38.8. The highest BCUT2D eigenvalue weighted by atomic mass is 16.5. The number of fused-ring (bicyclic) bond motifs is 3. The first-order valence-electron chi connectivity index (χ1n) is 11.4. The van der Waals surface area contributed by atoms with E-state index in [1.807, 2.05) is 50.2 Å². The van der Waals surface area contributed by atoms with Gasteiger partial charge in [0.15, 0.2) is 0 Å². The molecule has 0 spiro atoms. The first-order chi connectivity index (χ1) is 15.8. The highest BCUT2D eigenvalue weighted by Crippen LogP contribution is 2.44. The van der Waals surface area contributed by atoms with Crippen LogP contribution >= 0.6 is 0 Å². The van der Waals surface area contributed by atoms with Crippen molar-refractivity contribution in [1.29, 1.82) is 0 Å². The van der Waals surface area contributed by atoms with Crippen LogP contribution in [0.25, 0.3) is 11.1 Å². The molecule has 1 saturated heterocycles. The lowest BCUT2D eigenvalue weighted by Crippen LogP contribution is -2.48. The Morgan fingerprint density at radius 3 is 2.21 bits per heavy atom. The molecule has 2 aromatic carbocycles. The third-order valence-corrected chi connectivity index (χ3v) is 7.24. The van der Waals surface area contributed by atoms with Gasteiger partial charge >= 0.3 is 12.1 Å². The lowest BCUT2D eigenvalue weighted by atomic mass is 9.81. The Hall–Kier alpha value is -3.35. The molecule has 2 N–H and O–H groups in total. The highest BCUT2D eigenvalue weighted by molar-refractivity contribution is 5.87. The topological polar surface area (TPSA) is 95.9 Å². The second kappa shape index (κ2) is 8.89. The first-order valence-corrected chi connectivity index (χ1v) is 11.4. The summed E-state index contributed by atoms with van der Waals surface area (Å²) >= 11 is 0. The number of carboxylic acids is 1. The predicted octanol–water partition coefficient (Wildman–Crippen LogP) is 3.87. The van der Waals surface area contributed by atoms with Crippen molar-refractivity contribution in [3.63, 3.8) is 0 Å². The Balaban J connectivity index is 1.40. The van der Waals surface area contributed by atoms with Gasteiger partial charge in [-0.2, -0.15) is 0 Å². The molecule has 3 unspecified atom stereocenters. The molecule has 3 atom stereocenters. The van der Waals surface area contributed by atoms with Gasteiger partial charge in [0.2, 0.25) is 5.91 Å². The van der Waals surface area contributed by atoms with Gasteiger partial charge in [0, 0.05) is 19.0 Å². The van der Waals surface area contributed by atoms with Gasteiger partial charge in [-0.05, 0) is 41.5 Å². The maximum Gasteiger partial charge on any atom is 0.407 e. The van der Waals surface area contributed by atoms with Crippen LogP contribution in [0.15, 0.2) is 48.5 Å². The number of nitrogens with zero attached hydrogens (tertiary/aromatic N) is 1. The van der Waals surface area contributed by atoms with Crippen LogP contribution in [-0.4, -0.2) is 53.7 Å². The molecule has 2 aromatic rings. The number of carbonyl (C=O) groups is 3. The molecule has 1 fully saturated rings. The Labute approximate surface area is 193 Å². The second-order valence-electron chi connectivity index (χ2n) is 9.27. The number of carbonyl (C=O) groups excluding carboxylic acids is 2. The normalized spacial score (nSPS) is 22.4. The van der Waals surface area contributed by atoms with Crippen molar-refractivity contribution in [3.05, 3.63) is 59.7 Å². The van der Waals surface area contributed by atoms with E-state index < -0.39 is 23.5 Å². The molecule has 7 heteroatoms. The monoisotopic (exact) mass is 450 g/mol. The van der Waals surface area contributed by atoms with Gasteiger partial charge in [-0.15, -0.1) is 0 Å². The lowest BCUT2D eigenvalue weighted by Gasteiger charge is -2.25. The van der Waals surface area contributed by atoms with E-state index in [9.17, 15) is 19.5 Å². The number of amides is 2. The third-order valence-electron chi connectivity index (χ3n) is 7.24. The minimum absolute atomic E-state index is 0.0605. The van der Waals surface area contributed by atoms with Crippen molar-refractivity contribution in [3.8, 4) is 11.1 Å². The van der Waals surface area contributed by atoms with Crippen molar-refractivity contribution in [2.24, 2.45) is 11.3 Å². The second-order valence-corrected chi connectivity index (χ2v) is 9.27. The molecule has 7 nitrogen and oxygen atoms in total. The number of aliphatic carboxylic acids is 1. The minimum Gasteiger partial charge on any atom is -0.481 e. The molecular formula is C26H30N2O5. The van der Waals surface area contributed by atoms with E-state index in [4.69, 9.17) is 4.74 Å². The van der Waals surface area contributed by atoms with Crippen LogP contribution in [0.3, 0.4) is 0 Å². The van der Waals surface area contributed by atoms with Crippen molar-refractivity contribution < 1.29 is 24.2 Å². The fourth-order valence-corrected chi connectivity index (χ4v) is 4.94. The lowest BCUT2D eigenvalue weighted by molar-refractivity contribution is -0.149. The summed E-state index contributed by atoms with van der Waals surface area (Å²) in [6.07, 6.45) is -0.261. The van der Waals surface area contributed by atoms with E-state index in [0.717, 1.165) is 22.3 Å². The summed E-state index contributed by atoms with van der Waals surface area (Å²) in [5, 5.41) is 12.3. The van der Waals surface area contributed by atoms with Gasteiger partial charge in [-0.3, -0.25) is 9.59 Å². The van der Waals surface area contributed by atoms with Crippen LogP contribution < -0.4 is 5.32 Å². The number of carboxylic acid groups (broad SMARTS) is 1. The molecule has 0 aromatic heterocycles. The van der Waals surface area contributed by atoms with Gasteiger partial charge in [-0.25, -0.2) is 4.79 Å². The van der Waals surface area contributed by atoms with Crippen molar-refractivity contribution >= 4 is 18.0 Å². The van der Waals surface area contributed by atoms with Crippen molar-refractivity contribution in [2.75, 3.05) is 19.7 Å². The molecule has 0 radical (unpaired) electrons. The summed E-state index contributed by atoms with van der Waals surface area (Å²) in [5.74, 6) is -1.42. The number of nitrogens with one attached hydrogen (secondary N) is 1. The number of alkyl carbamates (subject to hydrolysis) is 1. The van der Waals surface area contributed by atoms with E-state index in [1.165, 1.54) is 4.90 Å². The zero-order valence-corrected chi connectivity index (χ0v) is 19.2. The average molecular weight is 451 g/mol. The van der Waals surface area contributed by atoms with E-state index in [2.05, 4.69) is 17.4 Å². The summed E-state index contributed by atoms with van der Waals surface area (Å²) in [6.45, 7) is 5.95. The number of rotatable bonds is 6. The summed E-state index contributed by atoms with van der Waals surface area (Å²) in [7, 11) is 0. The smallest absolute Gasteiger partial charge is 0.407 e. The van der Waals surface area contributed by atoms with Gasteiger partial charge in [0.1, 0.15) is 12.6 Å². The summed E-state index contributed by atoms with van der Waals surface area (Å²) in [6, 6.07) is 15.4. The van der Waals surface area contributed by atoms with Crippen LogP contribution in [0.1, 0.15) is 44.2 Å². The van der Waals surface area contributed by atoms with Crippen molar-refractivity contribution in [1.82, 2.24) is 10.2 Å². The molecule has 1 aliphatic heterocycles. The molecular weight excluding hydrogens is 420 g/mol. The molecule has 4 rings (SSSR count). The van der Waals surface area contributed by atoms with Gasteiger partial charge in [0.25, 0.3) is 0 Å². The Morgan fingerprint density at radius 2 is 1.70 bits per heavy atom. The standard InChI is InChI=1S/C26H30N2O5/c1-4-22(23(29)28-13-16(2)26(3,15-28)24(30)31)27-25(32)33-14-21-19-11-7-5-9-17(19)18-10-6-8-12-20(18)21/h5-12,16,21-22H,4,13-15H2,1-3H3,(H,27,32)(H,30,31). The molecule has 0 bridgehead atoms. The largest absolute Gasteiger partial charge is 0.481 e. The van der Waals surface area contributed by atoms with Crippen LogP contribution in [0.4, 0.5) is 4.79 Å². The fraction of sp³-hybridized carbons (Fsp3) is 0.423. The van der Waals surface area contributed by atoms with Gasteiger partial charge < -0.3 is 20.1 Å². The van der Waals surface area contributed by atoms with E-state index in [1.54, 1.807) is 6.92 Å². The summed E-state index contributed by atoms with van der Waals surface area (Å²) < 4.78 is 5.57. The Morgan fingerprint density at radius 1 is 1.12 bits per heavy atom. The molecule has 33 heavy (non-hydrogen) atoms. The number of benzene rings is 2. The van der Waals surface area contributed by atoms with E-state index >= 15 is 0 Å². The van der Waals surface area contributed by atoms with Crippen LogP contribution in [-0.2, 0) is 14.3 Å². The average Bonchev–Trinajstić information content (AvgIpc) is 3.30. The van der Waals surface area contributed by atoms with E-state index in [0.29, 0.717) is 13.0 Å². The fourth-order valence-electron chi connectivity index (χ4n) is 4.94. The number of hydrogen-bond donors (Lipinski definition) is 2.